The largest absolute Gasteiger partial charge is 0.469 e. The molecular formula is C23H43NO5Si. The van der Waals surface area contributed by atoms with Crippen molar-refractivity contribution in [2.75, 3.05) is 20.3 Å². The van der Waals surface area contributed by atoms with E-state index in [-0.39, 0.29) is 29.1 Å². The molecule has 0 N–H and O–H groups in total. The minimum atomic E-state index is -1.97. The van der Waals surface area contributed by atoms with E-state index in [0.29, 0.717) is 19.6 Å². The maximum Gasteiger partial charge on any atom is 0.410 e. The first-order valence-corrected chi connectivity index (χ1v) is 13.9. The van der Waals surface area contributed by atoms with E-state index >= 15 is 0 Å². The molecule has 1 aliphatic rings. The molecule has 1 amide bonds. The Hall–Kier alpha value is -1.34. The van der Waals surface area contributed by atoms with Crippen molar-refractivity contribution in [1.29, 1.82) is 0 Å². The van der Waals surface area contributed by atoms with Crippen LogP contribution >= 0.6 is 0 Å². The maximum absolute atomic E-state index is 13.0. The maximum atomic E-state index is 13.0. The number of carbonyl (C=O) groups is 2. The first-order chi connectivity index (χ1) is 13.6. The zero-order valence-electron chi connectivity index (χ0n) is 20.5. The number of nitrogens with zero attached hydrogens (tertiary/aromatic N) is 1. The molecule has 0 aromatic rings. The van der Waals surface area contributed by atoms with Gasteiger partial charge in [-0.25, -0.2) is 4.79 Å². The summed E-state index contributed by atoms with van der Waals surface area (Å²) in [6.45, 7) is 21.5. The topological polar surface area (TPSA) is 65.1 Å². The number of likely N-dealkylation sites (tertiary alicyclic amines) is 1. The predicted octanol–water partition coefficient (Wildman–Crippen LogP) is 5.39. The Morgan fingerprint density at radius 2 is 1.80 bits per heavy atom. The van der Waals surface area contributed by atoms with Gasteiger partial charge in [0.25, 0.3) is 0 Å². The highest BCUT2D eigenvalue weighted by Crippen LogP contribution is 2.39. The van der Waals surface area contributed by atoms with Crippen LogP contribution in [-0.2, 0) is 18.7 Å². The Balaban J connectivity index is 3.24. The fourth-order valence-corrected chi connectivity index (χ4v) is 4.66. The van der Waals surface area contributed by atoms with Crippen LogP contribution in [0, 0.1) is 11.8 Å². The van der Waals surface area contributed by atoms with Crippen LogP contribution in [0.1, 0.15) is 60.8 Å². The van der Waals surface area contributed by atoms with Gasteiger partial charge in [-0.1, -0.05) is 26.8 Å². The summed E-state index contributed by atoms with van der Waals surface area (Å²) in [5, 5.41) is 0.0882. The normalized spacial score (nSPS) is 21.7. The third-order valence-electron chi connectivity index (χ3n) is 6.25. The fraction of sp³-hybridized carbons (Fsp3) is 0.826. The van der Waals surface area contributed by atoms with E-state index in [9.17, 15) is 9.59 Å². The van der Waals surface area contributed by atoms with Crippen LogP contribution in [0.5, 0.6) is 0 Å². The zero-order chi connectivity index (χ0) is 23.3. The van der Waals surface area contributed by atoms with Gasteiger partial charge in [-0.05, 0) is 58.2 Å². The number of esters is 1. The molecule has 0 spiro atoms. The second kappa shape index (κ2) is 10.3. The first kappa shape index (κ1) is 26.7. The van der Waals surface area contributed by atoms with Crippen LogP contribution in [0.25, 0.3) is 0 Å². The van der Waals surface area contributed by atoms with Crippen LogP contribution in [0.4, 0.5) is 4.79 Å². The Bertz CT molecular complexity index is 606. The van der Waals surface area contributed by atoms with E-state index in [4.69, 9.17) is 13.9 Å². The van der Waals surface area contributed by atoms with E-state index in [2.05, 4.69) is 40.4 Å². The van der Waals surface area contributed by atoms with Crippen LogP contribution < -0.4 is 0 Å². The molecule has 0 aromatic carbocycles. The minimum absolute atomic E-state index is 0.0319. The van der Waals surface area contributed by atoms with Gasteiger partial charge in [-0.15, -0.1) is 6.58 Å². The van der Waals surface area contributed by atoms with Crippen molar-refractivity contribution in [3.63, 3.8) is 0 Å². The van der Waals surface area contributed by atoms with Crippen LogP contribution in [0.3, 0.4) is 0 Å². The SMILES string of the molecule is C=CC[C@@H](C(=O)OC)[C@@H]1[C@@H](CO[Si](C)(C)C(C)(C)C)CCCN1C(=O)OC(C)(C)C. The first-order valence-electron chi connectivity index (χ1n) is 11.0. The van der Waals surface area contributed by atoms with Gasteiger partial charge in [0.1, 0.15) is 5.60 Å². The molecule has 1 saturated heterocycles. The van der Waals surface area contributed by atoms with Gasteiger partial charge >= 0.3 is 12.1 Å². The average molecular weight is 442 g/mol. The van der Waals surface area contributed by atoms with Gasteiger partial charge in [0, 0.05) is 19.1 Å². The van der Waals surface area contributed by atoms with E-state index in [1.54, 1.807) is 11.0 Å². The smallest absolute Gasteiger partial charge is 0.410 e. The molecule has 0 unspecified atom stereocenters. The number of hydrogen-bond acceptors (Lipinski definition) is 5. The van der Waals surface area contributed by atoms with E-state index < -0.39 is 19.8 Å². The van der Waals surface area contributed by atoms with E-state index in [0.717, 1.165) is 12.8 Å². The molecule has 0 aliphatic carbocycles. The summed E-state index contributed by atoms with van der Waals surface area (Å²) in [7, 11) is -0.577. The molecule has 0 saturated carbocycles. The Morgan fingerprint density at radius 1 is 1.20 bits per heavy atom. The second-order valence-electron chi connectivity index (χ2n) is 10.8. The summed E-state index contributed by atoms with van der Waals surface area (Å²) in [6.07, 6.45) is 3.51. The van der Waals surface area contributed by atoms with Gasteiger partial charge in [0.05, 0.1) is 19.1 Å². The predicted molar refractivity (Wildman–Crippen MR) is 123 cm³/mol. The summed E-state index contributed by atoms with van der Waals surface area (Å²) in [5.41, 5.74) is -0.606. The monoisotopic (exact) mass is 441 g/mol. The van der Waals surface area contributed by atoms with Gasteiger partial charge in [0.15, 0.2) is 8.32 Å². The van der Waals surface area contributed by atoms with Crippen molar-refractivity contribution in [1.82, 2.24) is 4.90 Å². The summed E-state index contributed by atoms with van der Waals surface area (Å²) < 4.78 is 17.3. The molecule has 1 rings (SSSR count). The third kappa shape index (κ3) is 7.12. The molecule has 6 nitrogen and oxygen atoms in total. The van der Waals surface area contributed by atoms with Crippen LogP contribution in [0.2, 0.25) is 18.1 Å². The highest BCUT2D eigenvalue weighted by molar-refractivity contribution is 6.74. The molecule has 1 fully saturated rings. The van der Waals surface area contributed by atoms with Gasteiger partial charge in [0.2, 0.25) is 0 Å². The molecule has 30 heavy (non-hydrogen) atoms. The highest BCUT2D eigenvalue weighted by Gasteiger charge is 2.45. The molecule has 0 radical (unpaired) electrons. The summed E-state index contributed by atoms with van der Waals surface area (Å²) >= 11 is 0. The van der Waals surface area contributed by atoms with Crippen LogP contribution in [0.15, 0.2) is 12.7 Å². The molecule has 7 heteroatoms. The van der Waals surface area contributed by atoms with Crippen molar-refractivity contribution >= 4 is 20.4 Å². The third-order valence-corrected chi connectivity index (χ3v) is 10.7. The van der Waals surface area contributed by atoms with Gasteiger partial charge in [-0.3, -0.25) is 4.79 Å². The molecule has 0 bridgehead atoms. The number of amides is 1. The summed E-state index contributed by atoms with van der Waals surface area (Å²) in [4.78, 5) is 27.4. The molecular weight excluding hydrogens is 398 g/mol. The van der Waals surface area contributed by atoms with Crippen molar-refractivity contribution in [3.8, 4) is 0 Å². The van der Waals surface area contributed by atoms with Gasteiger partial charge in [-0.2, -0.15) is 0 Å². The molecule has 3 atom stereocenters. The Kier molecular flexibility index (Phi) is 9.17. The number of methoxy groups -OCH3 is 1. The lowest BCUT2D eigenvalue weighted by Crippen LogP contribution is -2.56. The average Bonchev–Trinajstić information content (AvgIpc) is 2.61. The van der Waals surface area contributed by atoms with Crippen molar-refractivity contribution < 1.29 is 23.5 Å². The zero-order valence-corrected chi connectivity index (χ0v) is 21.5. The fourth-order valence-electron chi connectivity index (χ4n) is 3.60. The second-order valence-corrected chi connectivity index (χ2v) is 15.6. The lowest BCUT2D eigenvalue weighted by atomic mass is 9.80. The number of hydrogen-bond donors (Lipinski definition) is 0. The number of piperidine rings is 1. The summed E-state index contributed by atoms with van der Waals surface area (Å²) in [5.74, 6) is -0.787. The standard InChI is InChI=1S/C23H43NO5Si/c1-11-13-18(20(25)27-8)19-17(16-28-30(9,10)23(5,6)7)14-12-15-24(19)21(26)29-22(2,3)4/h11,17-19H,1,12-16H2,2-10H3/t17-,18-,19+/m1/s1. The Labute approximate surface area is 184 Å². The molecule has 174 valence electrons. The quantitative estimate of drug-likeness (QED) is 0.301. The van der Waals surface area contributed by atoms with Crippen molar-refractivity contribution in [2.45, 2.75) is 90.6 Å². The lowest BCUT2D eigenvalue weighted by Gasteiger charge is -2.46. The van der Waals surface area contributed by atoms with Crippen molar-refractivity contribution in [3.05, 3.63) is 12.7 Å². The number of allylic oxidation sites excluding steroid dienone is 1. The lowest BCUT2D eigenvalue weighted by molar-refractivity contribution is -0.149. The molecule has 1 aliphatic heterocycles. The molecule has 0 aromatic heterocycles. The Morgan fingerprint density at radius 3 is 2.27 bits per heavy atom. The number of carbonyl (C=O) groups excluding carboxylic acids is 2. The minimum Gasteiger partial charge on any atom is -0.469 e. The number of ether oxygens (including phenoxy) is 2. The number of rotatable bonds is 7. The van der Waals surface area contributed by atoms with Gasteiger partial charge < -0.3 is 18.8 Å². The highest BCUT2D eigenvalue weighted by atomic mass is 28.4. The van der Waals surface area contributed by atoms with Crippen LogP contribution in [-0.4, -0.2) is 57.2 Å². The summed E-state index contributed by atoms with van der Waals surface area (Å²) in [6, 6.07) is -0.344. The van der Waals surface area contributed by atoms with E-state index in [1.807, 2.05) is 20.8 Å². The van der Waals surface area contributed by atoms with Crippen molar-refractivity contribution in [2.24, 2.45) is 11.8 Å². The van der Waals surface area contributed by atoms with E-state index in [1.165, 1.54) is 7.11 Å². The molecule has 1 heterocycles.